The smallest absolute Gasteiger partial charge is 0.231 e. The van der Waals surface area contributed by atoms with E-state index in [1.165, 1.54) is 11.1 Å². The lowest BCUT2D eigenvalue weighted by molar-refractivity contribution is -0.114. The Morgan fingerprint density at radius 2 is 1.85 bits per heavy atom. The van der Waals surface area contributed by atoms with Crippen LogP contribution >= 0.6 is 0 Å². The number of fused-ring (bicyclic) bond motifs is 1. The third kappa shape index (κ3) is 5.20. The number of allylic oxidation sites excluding steroid dienone is 1. The topological polar surface area (TPSA) is 38.8 Å². The van der Waals surface area contributed by atoms with Crippen molar-refractivity contribution in [3.8, 4) is 11.5 Å². The van der Waals surface area contributed by atoms with Crippen LogP contribution in [0.4, 0.5) is 0 Å². The van der Waals surface area contributed by atoms with E-state index < -0.39 is 0 Å². The minimum atomic E-state index is 0.153. The molecule has 4 nitrogen and oxygen atoms in total. The van der Waals surface area contributed by atoms with E-state index in [-0.39, 0.29) is 5.78 Å². The largest absolute Gasteiger partial charge is 0.454 e. The van der Waals surface area contributed by atoms with Crippen LogP contribution in [0.15, 0.2) is 48.5 Å². The first kappa shape index (κ1) is 18.2. The maximum absolute atomic E-state index is 12.0. The maximum Gasteiger partial charge on any atom is 0.231 e. The molecule has 0 bridgehead atoms. The van der Waals surface area contributed by atoms with E-state index in [2.05, 4.69) is 17.9 Å². The second-order valence-corrected chi connectivity index (χ2v) is 6.70. The van der Waals surface area contributed by atoms with Gasteiger partial charge in [-0.3, -0.25) is 4.79 Å². The lowest BCUT2D eigenvalue weighted by atomic mass is 10.1. The van der Waals surface area contributed by atoms with Crippen molar-refractivity contribution in [3.63, 3.8) is 0 Å². The molecule has 0 radical (unpaired) electrons. The monoisotopic (exact) mass is 351 g/mol. The van der Waals surface area contributed by atoms with E-state index in [9.17, 15) is 4.79 Å². The summed E-state index contributed by atoms with van der Waals surface area (Å²) in [6.45, 7) is 4.01. The average molecular weight is 351 g/mol. The SMILES string of the molecule is Cc1ccc(C=CC(=O)CCN(C)CCc2ccc3c(c2)OCO3)cc1. The van der Waals surface area contributed by atoms with Gasteiger partial charge in [0.1, 0.15) is 0 Å². The minimum Gasteiger partial charge on any atom is -0.454 e. The van der Waals surface area contributed by atoms with Crippen molar-refractivity contribution in [1.29, 1.82) is 0 Å². The molecule has 1 heterocycles. The van der Waals surface area contributed by atoms with Crippen molar-refractivity contribution in [2.45, 2.75) is 19.8 Å². The highest BCUT2D eigenvalue weighted by Gasteiger charge is 2.13. The molecule has 1 aliphatic heterocycles. The number of aryl methyl sites for hydroxylation is 1. The van der Waals surface area contributed by atoms with Gasteiger partial charge in [0, 0.05) is 19.5 Å². The van der Waals surface area contributed by atoms with E-state index in [0.717, 1.165) is 36.6 Å². The zero-order chi connectivity index (χ0) is 18.4. The molecular formula is C22H25NO3. The molecule has 1 aliphatic rings. The molecule has 0 saturated carbocycles. The number of carbonyl (C=O) groups excluding carboxylic acids is 1. The Morgan fingerprint density at radius 1 is 1.08 bits per heavy atom. The Kier molecular flexibility index (Phi) is 6.08. The molecule has 0 atom stereocenters. The number of carbonyl (C=O) groups is 1. The Labute approximate surface area is 155 Å². The Hall–Kier alpha value is -2.59. The standard InChI is InChI=1S/C22H25NO3/c1-17-3-5-18(6-4-17)7-9-20(24)12-14-23(2)13-11-19-8-10-21-22(15-19)26-16-25-21/h3-10,15H,11-14,16H2,1-2H3. The highest BCUT2D eigenvalue weighted by Crippen LogP contribution is 2.32. The van der Waals surface area contributed by atoms with Crippen LogP contribution in [-0.4, -0.2) is 37.6 Å². The summed E-state index contributed by atoms with van der Waals surface area (Å²) in [6, 6.07) is 14.2. The molecule has 2 aromatic carbocycles. The fourth-order valence-electron chi connectivity index (χ4n) is 2.78. The summed E-state index contributed by atoms with van der Waals surface area (Å²) in [4.78, 5) is 14.2. The van der Waals surface area contributed by atoms with E-state index in [4.69, 9.17) is 9.47 Å². The number of likely N-dealkylation sites (N-methyl/N-ethyl adjacent to an activating group) is 1. The van der Waals surface area contributed by atoms with Gasteiger partial charge in [0.15, 0.2) is 17.3 Å². The number of ether oxygens (including phenoxy) is 2. The first-order valence-electron chi connectivity index (χ1n) is 8.95. The average Bonchev–Trinajstić information content (AvgIpc) is 3.12. The highest BCUT2D eigenvalue weighted by molar-refractivity contribution is 5.93. The Morgan fingerprint density at radius 3 is 2.65 bits per heavy atom. The normalized spacial score (nSPS) is 12.9. The quantitative estimate of drug-likeness (QED) is 0.677. The second-order valence-electron chi connectivity index (χ2n) is 6.70. The molecule has 0 spiro atoms. The summed E-state index contributed by atoms with van der Waals surface area (Å²) in [5, 5.41) is 0. The molecule has 0 aliphatic carbocycles. The van der Waals surface area contributed by atoms with Crippen LogP contribution in [0.5, 0.6) is 11.5 Å². The molecule has 0 amide bonds. The number of hydrogen-bond acceptors (Lipinski definition) is 4. The van der Waals surface area contributed by atoms with Crippen molar-refractivity contribution in [2.24, 2.45) is 0 Å². The fourth-order valence-corrected chi connectivity index (χ4v) is 2.78. The number of nitrogens with zero attached hydrogens (tertiary/aromatic N) is 1. The second kappa shape index (κ2) is 8.68. The number of benzene rings is 2. The van der Waals surface area contributed by atoms with Gasteiger partial charge in [-0.25, -0.2) is 0 Å². The van der Waals surface area contributed by atoms with Crippen LogP contribution < -0.4 is 9.47 Å². The molecule has 26 heavy (non-hydrogen) atoms. The lowest BCUT2D eigenvalue weighted by Crippen LogP contribution is -2.24. The van der Waals surface area contributed by atoms with Gasteiger partial charge in [0.25, 0.3) is 0 Å². The summed E-state index contributed by atoms with van der Waals surface area (Å²) in [7, 11) is 2.05. The van der Waals surface area contributed by atoms with Crippen molar-refractivity contribution in [1.82, 2.24) is 4.90 Å². The van der Waals surface area contributed by atoms with Gasteiger partial charge in [-0.1, -0.05) is 42.0 Å². The zero-order valence-corrected chi connectivity index (χ0v) is 15.4. The van der Waals surface area contributed by atoms with Gasteiger partial charge in [0.05, 0.1) is 0 Å². The minimum absolute atomic E-state index is 0.153. The van der Waals surface area contributed by atoms with Gasteiger partial charge in [-0.2, -0.15) is 0 Å². The van der Waals surface area contributed by atoms with Crippen molar-refractivity contribution >= 4 is 11.9 Å². The fraction of sp³-hybridized carbons (Fsp3) is 0.318. The van der Waals surface area contributed by atoms with Gasteiger partial charge >= 0.3 is 0 Å². The lowest BCUT2D eigenvalue weighted by Gasteiger charge is -2.15. The molecule has 2 aromatic rings. The van der Waals surface area contributed by atoms with Gasteiger partial charge < -0.3 is 14.4 Å². The summed E-state index contributed by atoms with van der Waals surface area (Å²) < 4.78 is 10.7. The van der Waals surface area contributed by atoms with Gasteiger partial charge in [-0.05, 0) is 49.7 Å². The van der Waals surface area contributed by atoms with Crippen LogP contribution in [0.25, 0.3) is 6.08 Å². The van der Waals surface area contributed by atoms with E-state index in [0.29, 0.717) is 13.2 Å². The summed E-state index contributed by atoms with van der Waals surface area (Å²) >= 11 is 0. The Balaban J connectivity index is 1.40. The van der Waals surface area contributed by atoms with Crippen LogP contribution in [0.1, 0.15) is 23.1 Å². The summed E-state index contributed by atoms with van der Waals surface area (Å²) in [5.41, 5.74) is 3.49. The molecule has 0 unspecified atom stereocenters. The summed E-state index contributed by atoms with van der Waals surface area (Å²) in [5.74, 6) is 1.79. The van der Waals surface area contributed by atoms with E-state index in [1.54, 1.807) is 6.08 Å². The van der Waals surface area contributed by atoms with Crippen LogP contribution in [0, 0.1) is 6.92 Å². The molecule has 4 heteroatoms. The van der Waals surface area contributed by atoms with Gasteiger partial charge in [-0.15, -0.1) is 0 Å². The summed E-state index contributed by atoms with van der Waals surface area (Å²) in [6.07, 6.45) is 5.01. The zero-order valence-electron chi connectivity index (χ0n) is 15.4. The molecular weight excluding hydrogens is 326 g/mol. The molecule has 0 fully saturated rings. The van der Waals surface area contributed by atoms with Crippen LogP contribution in [-0.2, 0) is 11.2 Å². The number of hydrogen-bond donors (Lipinski definition) is 0. The molecule has 3 rings (SSSR count). The Bertz CT molecular complexity index is 780. The van der Waals surface area contributed by atoms with E-state index in [1.807, 2.05) is 49.5 Å². The van der Waals surface area contributed by atoms with Crippen molar-refractivity contribution in [2.75, 3.05) is 26.9 Å². The number of rotatable bonds is 8. The number of ketones is 1. The molecule has 0 N–H and O–H groups in total. The first-order chi connectivity index (χ1) is 12.6. The predicted octanol–water partition coefficient (Wildman–Crippen LogP) is 3.87. The third-order valence-electron chi connectivity index (χ3n) is 4.50. The van der Waals surface area contributed by atoms with Crippen LogP contribution in [0.2, 0.25) is 0 Å². The third-order valence-corrected chi connectivity index (χ3v) is 4.50. The maximum atomic E-state index is 12.0. The predicted molar refractivity (Wildman–Crippen MR) is 104 cm³/mol. The first-order valence-corrected chi connectivity index (χ1v) is 8.95. The molecule has 136 valence electrons. The van der Waals surface area contributed by atoms with Crippen molar-refractivity contribution < 1.29 is 14.3 Å². The molecule has 0 aromatic heterocycles. The van der Waals surface area contributed by atoms with Crippen LogP contribution in [0.3, 0.4) is 0 Å². The molecule has 0 saturated heterocycles. The van der Waals surface area contributed by atoms with Crippen molar-refractivity contribution in [3.05, 3.63) is 65.2 Å². The highest BCUT2D eigenvalue weighted by atomic mass is 16.7. The van der Waals surface area contributed by atoms with Gasteiger partial charge in [0.2, 0.25) is 6.79 Å². The van der Waals surface area contributed by atoms with E-state index >= 15 is 0 Å².